The van der Waals surface area contributed by atoms with Crippen molar-refractivity contribution in [2.45, 2.75) is 25.4 Å². The van der Waals surface area contributed by atoms with Crippen LogP contribution in [-0.4, -0.2) is 42.8 Å². The summed E-state index contributed by atoms with van der Waals surface area (Å²) in [4.78, 5) is 36.9. The number of carbonyl (C=O) groups is 3. The Hall–Kier alpha value is -3.35. The van der Waals surface area contributed by atoms with Gasteiger partial charge in [-0.25, -0.2) is 9.59 Å². The van der Waals surface area contributed by atoms with E-state index in [9.17, 15) is 19.5 Å². The van der Waals surface area contributed by atoms with Gasteiger partial charge in [-0.1, -0.05) is 48.5 Å². The highest BCUT2D eigenvalue weighted by atomic mass is 16.6. The fraction of sp³-hybridized carbons (Fsp3) is 0.286. The summed E-state index contributed by atoms with van der Waals surface area (Å²) in [6.07, 6.45) is -1.33. The molecule has 148 valence electrons. The summed E-state index contributed by atoms with van der Waals surface area (Å²) in [6, 6.07) is 18.2. The van der Waals surface area contributed by atoms with E-state index in [0.717, 1.165) is 11.3 Å². The third kappa shape index (κ3) is 6.75. The standard InChI is InChI=1S/C21H24N2O5/c1-23(17-11-6-3-7-12-17)19(24)13-8-14-22-21(27)28-18(20(25)26)15-16-9-4-2-5-10-16/h2-7,9-12,18H,8,13-15H2,1H3,(H,22,27)(H,25,26). The molecule has 7 heteroatoms. The van der Waals surface area contributed by atoms with E-state index in [4.69, 9.17) is 4.74 Å². The van der Waals surface area contributed by atoms with Crippen molar-refractivity contribution in [1.29, 1.82) is 0 Å². The zero-order valence-corrected chi connectivity index (χ0v) is 15.7. The molecule has 0 heterocycles. The lowest BCUT2D eigenvalue weighted by Crippen LogP contribution is -2.35. The molecule has 2 rings (SSSR count). The molecule has 0 aliphatic carbocycles. The van der Waals surface area contributed by atoms with Gasteiger partial charge in [0.15, 0.2) is 0 Å². The predicted molar refractivity (Wildman–Crippen MR) is 105 cm³/mol. The molecular formula is C21H24N2O5. The molecule has 7 nitrogen and oxygen atoms in total. The maximum atomic E-state index is 12.2. The lowest BCUT2D eigenvalue weighted by atomic mass is 10.1. The minimum absolute atomic E-state index is 0.0751. The van der Waals surface area contributed by atoms with Gasteiger partial charge in [0.1, 0.15) is 0 Å². The monoisotopic (exact) mass is 384 g/mol. The van der Waals surface area contributed by atoms with Crippen LogP contribution >= 0.6 is 0 Å². The van der Waals surface area contributed by atoms with Gasteiger partial charge in [-0.15, -0.1) is 0 Å². The van der Waals surface area contributed by atoms with Crippen LogP contribution in [0.2, 0.25) is 0 Å². The smallest absolute Gasteiger partial charge is 0.407 e. The summed E-state index contributed by atoms with van der Waals surface area (Å²) in [6.45, 7) is 0.213. The number of amides is 2. The number of hydrogen-bond acceptors (Lipinski definition) is 4. The zero-order chi connectivity index (χ0) is 20.4. The molecule has 2 amide bonds. The Kier molecular flexibility index (Phi) is 8.02. The molecule has 2 aromatic rings. The molecule has 1 atom stereocenters. The van der Waals surface area contributed by atoms with Gasteiger partial charge in [-0.2, -0.15) is 0 Å². The predicted octanol–water partition coefficient (Wildman–Crippen LogP) is 2.85. The van der Waals surface area contributed by atoms with Crippen molar-refractivity contribution >= 4 is 23.7 Å². The minimum Gasteiger partial charge on any atom is -0.478 e. The number of nitrogens with zero attached hydrogens (tertiary/aromatic N) is 1. The number of carboxylic acids is 1. The highest BCUT2D eigenvalue weighted by Gasteiger charge is 2.22. The molecular weight excluding hydrogens is 360 g/mol. The second kappa shape index (κ2) is 10.7. The third-order valence-corrected chi connectivity index (χ3v) is 4.14. The molecule has 0 aromatic heterocycles. The first-order valence-electron chi connectivity index (χ1n) is 9.00. The van der Waals surface area contributed by atoms with Gasteiger partial charge in [-0.3, -0.25) is 4.79 Å². The molecule has 0 spiro atoms. The number of aliphatic carboxylic acids is 1. The van der Waals surface area contributed by atoms with Gasteiger partial charge in [0, 0.05) is 32.1 Å². The van der Waals surface area contributed by atoms with Gasteiger partial charge in [0.05, 0.1) is 0 Å². The summed E-state index contributed by atoms with van der Waals surface area (Å²) in [7, 11) is 1.69. The maximum Gasteiger partial charge on any atom is 0.407 e. The van der Waals surface area contributed by atoms with Crippen molar-refractivity contribution in [3.63, 3.8) is 0 Å². The molecule has 0 radical (unpaired) electrons. The molecule has 1 unspecified atom stereocenters. The molecule has 28 heavy (non-hydrogen) atoms. The van der Waals surface area contributed by atoms with E-state index in [1.165, 1.54) is 0 Å². The molecule has 0 aliphatic heterocycles. The number of nitrogens with one attached hydrogen (secondary N) is 1. The van der Waals surface area contributed by atoms with Crippen LogP contribution < -0.4 is 10.2 Å². The summed E-state index contributed by atoms with van der Waals surface area (Å²) in [5.74, 6) is -1.28. The summed E-state index contributed by atoms with van der Waals surface area (Å²) >= 11 is 0. The van der Waals surface area contributed by atoms with Crippen molar-refractivity contribution in [2.24, 2.45) is 0 Å². The number of rotatable bonds is 9. The molecule has 0 saturated heterocycles. The highest BCUT2D eigenvalue weighted by Crippen LogP contribution is 2.12. The van der Waals surface area contributed by atoms with Gasteiger partial charge < -0.3 is 20.1 Å². The number of anilines is 1. The fourth-order valence-corrected chi connectivity index (χ4v) is 2.57. The number of hydrogen-bond donors (Lipinski definition) is 2. The van der Waals surface area contributed by atoms with Gasteiger partial charge in [-0.05, 0) is 24.1 Å². The van der Waals surface area contributed by atoms with Crippen molar-refractivity contribution in [3.8, 4) is 0 Å². The van der Waals surface area contributed by atoms with Crippen molar-refractivity contribution < 1.29 is 24.2 Å². The van der Waals surface area contributed by atoms with E-state index in [1.807, 2.05) is 36.4 Å². The van der Waals surface area contributed by atoms with E-state index >= 15 is 0 Å². The van der Waals surface area contributed by atoms with E-state index in [2.05, 4.69) is 5.32 Å². The van der Waals surface area contributed by atoms with E-state index in [0.29, 0.717) is 6.42 Å². The Balaban J connectivity index is 1.72. The third-order valence-electron chi connectivity index (χ3n) is 4.14. The molecule has 2 N–H and O–H groups in total. The number of ether oxygens (including phenoxy) is 1. The lowest BCUT2D eigenvalue weighted by Gasteiger charge is -2.17. The topological polar surface area (TPSA) is 95.9 Å². The first-order valence-corrected chi connectivity index (χ1v) is 9.00. The molecule has 0 saturated carbocycles. The zero-order valence-electron chi connectivity index (χ0n) is 15.7. The van der Waals surface area contributed by atoms with Crippen molar-refractivity contribution in [3.05, 3.63) is 66.2 Å². The van der Waals surface area contributed by atoms with Crippen LogP contribution in [0.5, 0.6) is 0 Å². The second-order valence-electron chi connectivity index (χ2n) is 6.24. The Morgan fingerprint density at radius 1 is 1.04 bits per heavy atom. The normalized spacial score (nSPS) is 11.3. The number of alkyl carbamates (subject to hydrolysis) is 1. The van der Waals surface area contributed by atoms with Crippen LogP contribution in [0.15, 0.2) is 60.7 Å². The number of para-hydroxylation sites is 1. The highest BCUT2D eigenvalue weighted by molar-refractivity contribution is 5.92. The first-order chi connectivity index (χ1) is 13.5. The Bertz CT molecular complexity index is 780. The second-order valence-corrected chi connectivity index (χ2v) is 6.24. The lowest BCUT2D eigenvalue weighted by molar-refractivity contribution is -0.146. The SMILES string of the molecule is CN(C(=O)CCCNC(=O)OC(Cc1ccccc1)C(=O)O)c1ccccc1. The van der Waals surface area contributed by atoms with Gasteiger partial charge in [0.25, 0.3) is 0 Å². The van der Waals surface area contributed by atoms with E-state index in [1.54, 1.807) is 36.2 Å². The van der Waals surface area contributed by atoms with Crippen LogP contribution in [0.4, 0.5) is 10.5 Å². The van der Waals surface area contributed by atoms with Crippen LogP contribution in [0.3, 0.4) is 0 Å². The van der Waals surface area contributed by atoms with Gasteiger partial charge >= 0.3 is 12.1 Å². The number of benzene rings is 2. The van der Waals surface area contributed by atoms with Crippen LogP contribution in [0, 0.1) is 0 Å². The Morgan fingerprint density at radius 2 is 1.64 bits per heavy atom. The van der Waals surface area contributed by atoms with Crippen LogP contribution in [0.25, 0.3) is 0 Å². The average Bonchev–Trinajstić information content (AvgIpc) is 2.71. The van der Waals surface area contributed by atoms with E-state index < -0.39 is 18.2 Å². The maximum absolute atomic E-state index is 12.2. The summed E-state index contributed by atoms with van der Waals surface area (Å²) in [5, 5.41) is 11.7. The quantitative estimate of drug-likeness (QED) is 0.648. The molecule has 2 aromatic carbocycles. The summed E-state index contributed by atoms with van der Waals surface area (Å²) in [5.41, 5.74) is 1.56. The van der Waals surface area contributed by atoms with Gasteiger partial charge in [0.2, 0.25) is 12.0 Å². The van der Waals surface area contributed by atoms with Crippen LogP contribution in [0.1, 0.15) is 18.4 Å². The number of carboxylic acid groups (broad SMARTS) is 1. The Morgan fingerprint density at radius 3 is 2.25 bits per heavy atom. The number of carbonyl (C=O) groups excluding carboxylic acids is 2. The average molecular weight is 384 g/mol. The molecule has 0 aliphatic rings. The van der Waals surface area contributed by atoms with E-state index in [-0.39, 0.29) is 25.3 Å². The minimum atomic E-state index is -1.27. The largest absolute Gasteiger partial charge is 0.478 e. The van der Waals surface area contributed by atoms with Crippen LogP contribution in [-0.2, 0) is 20.7 Å². The van der Waals surface area contributed by atoms with Crippen molar-refractivity contribution in [1.82, 2.24) is 5.32 Å². The fourth-order valence-electron chi connectivity index (χ4n) is 2.57. The summed E-state index contributed by atoms with van der Waals surface area (Å²) < 4.78 is 4.99. The van der Waals surface area contributed by atoms with Crippen molar-refractivity contribution in [2.75, 3.05) is 18.5 Å². The first kappa shape index (κ1) is 21.0. The molecule has 0 bridgehead atoms. The molecule has 0 fully saturated rings. The Labute approximate surface area is 163 Å².